The molecule has 36 heavy (non-hydrogen) atoms. The second-order valence-electron chi connectivity index (χ2n) is 7.80. The van der Waals surface area contributed by atoms with Gasteiger partial charge in [0.15, 0.2) is 0 Å². The number of carbonyl (C=O) groups excluding carboxylic acids is 3. The van der Waals surface area contributed by atoms with Gasteiger partial charge in [-0.1, -0.05) is 48.5 Å². The quantitative estimate of drug-likeness (QED) is 0.264. The highest BCUT2D eigenvalue weighted by atomic mass is 79.9. The van der Waals surface area contributed by atoms with Gasteiger partial charge in [-0.15, -0.1) is 0 Å². The lowest BCUT2D eigenvalue weighted by atomic mass is 10.1. The largest absolute Gasteiger partial charge is 0.447 e. The zero-order valence-electron chi connectivity index (χ0n) is 19.2. The van der Waals surface area contributed by atoms with Crippen LogP contribution >= 0.6 is 15.9 Å². The minimum Gasteiger partial charge on any atom is -0.447 e. The molecule has 0 spiro atoms. The molecule has 0 saturated carbocycles. The van der Waals surface area contributed by atoms with E-state index in [1.165, 1.54) is 0 Å². The van der Waals surface area contributed by atoms with Gasteiger partial charge in [-0.05, 0) is 57.2 Å². The van der Waals surface area contributed by atoms with Gasteiger partial charge in [0.2, 0.25) is 5.91 Å². The van der Waals surface area contributed by atoms with Crippen LogP contribution in [-0.4, -0.2) is 36.0 Å². The van der Waals surface area contributed by atoms with Gasteiger partial charge in [0.05, 0.1) is 24.3 Å². The Balaban J connectivity index is 1.20. The summed E-state index contributed by atoms with van der Waals surface area (Å²) in [6.45, 7) is 0.214. The molecule has 0 aliphatic carbocycles. The fourth-order valence-electron chi connectivity index (χ4n) is 3.52. The number of hydrogen-bond donors (Lipinski definition) is 3. The van der Waals surface area contributed by atoms with Gasteiger partial charge in [0.1, 0.15) is 12.3 Å². The first-order valence-electron chi connectivity index (χ1n) is 11.2. The van der Waals surface area contributed by atoms with Crippen LogP contribution in [0.4, 0.5) is 16.2 Å². The summed E-state index contributed by atoms with van der Waals surface area (Å²) in [6, 6.07) is 23.7. The minimum absolute atomic E-state index is 0.0323. The Hall–Kier alpha value is -4.24. The number of amides is 3. The zero-order chi connectivity index (χ0) is 25.3. The molecule has 4 aromatic rings. The molecule has 3 aromatic carbocycles. The van der Waals surface area contributed by atoms with Crippen molar-refractivity contribution in [2.75, 3.05) is 23.8 Å². The molecule has 4 rings (SSSR count). The number of rotatable bonds is 8. The van der Waals surface area contributed by atoms with Gasteiger partial charge < -0.3 is 15.4 Å². The normalized spacial score (nSPS) is 10.5. The summed E-state index contributed by atoms with van der Waals surface area (Å²) in [5.41, 5.74) is 2.29. The van der Waals surface area contributed by atoms with Crippen LogP contribution in [0.25, 0.3) is 10.8 Å². The highest BCUT2D eigenvalue weighted by Crippen LogP contribution is 2.25. The lowest BCUT2D eigenvalue weighted by Gasteiger charge is -2.11. The van der Waals surface area contributed by atoms with Crippen molar-refractivity contribution in [2.45, 2.75) is 6.42 Å². The summed E-state index contributed by atoms with van der Waals surface area (Å²) < 4.78 is 5.83. The van der Waals surface area contributed by atoms with E-state index in [9.17, 15) is 14.4 Å². The molecule has 0 unspecified atom stereocenters. The van der Waals surface area contributed by atoms with Crippen molar-refractivity contribution in [3.8, 4) is 0 Å². The molecule has 9 heteroatoms. The number of anilines is 2. The Morgan fingerprint density at radius 2 is 1.67 bits per heavy atom. The number of aromatic nitrogens is 1. The highest BCUT2D eigenvalue weighted by molar-refractivity contribution is 9.10. The smallest absolute Gasteiger partial charge is 0.411 e. The molecule has 0 fully saturated rings. The van der Waals surface area contributed by atoms with E-state index in [-0.39, 0.29) is 31.4 Å². The number of halogens is 1. The summed E-state index contributed by atoms with van der Waals surface area (Å²) in [7, 11) is 0. The summed E-state index contributed by atoms with van der Waals surface area (Å²) >= 11 is 3.43. The monoisotopic (exact) mass is 546 g/mol. The van der Waals surface area contributed by atoms with Crippen molar-refractivity contribution in [3.63, 3.8) is 0 Å². The van der Waals surface area contributed by atoms with Gasteiger partial charge in [-0.2, -0.15) is 0 Å². The number of hydrogen-bond acceptors (Lipinski definition) is 5. The standard InChI is InChI=1S/C27H23BrN4O4/c28-21-16-18(11-12-23(21)31-26(34)24-9-3-4-13-29-24)17-25(33)30-14-15-36-27(35)32-22-10-5-7-19-6-1-2-8-20(19)22/h1-13,16H,14-15,17H2,(H,30,33)(H,31,34)(H,32,35). The lowest BCUT2D eigenvalue weighted by molar-refractivity contribution is -0.120. The molecule has 1 heterocycles. The molecular formula is C27H23BrN4O4. The second-order valence-corrected chi connectivity index (χ2v) is 8.65. The van der Waals surface area contributed by atoms with Crippen LogP contribution < -0.4 is 16.0 Å². The van der Waals surface area contributed by atoms with E-state index in [0.717, 1.165) is 16.3 Å². The average molecular weight is 547 g/mol. The maximum atomic E-state index is 12.3. The van der Waals surface area contributed by atoms with Gasteiger partial charge in [0, 0.05) is 16.1 Å². The maximum absolute atomic E-state index is 12.3. The molecule has 0 atom stereocenters. The maximum Gasteiger partial charge on any atom is 0.411 e. The van der Waals surface area contributed by atoms with Crippen LogP contribution in [0.5, 0.6) is 0 Å². The number of pyridine rings is 1. The van der Waals surface area contributed by atoms with Crippen LogP contribution in [0, 0.1) is 0 Å². The third-order valence-corrected chi connectivity index (χ3v) is 5.88. The van der Waals surface area contributed by atoms with E-state index in [1.54, 1.807) is 48.7 Å². The Morgan fingerprint density at radius 1 is 0.861 bits per heavy atom. The molecule has 0 radical (unpaired) electrons. The van der Waals surface area contributed by atoms with Crippen molar-refractivity contribution in [1.29, 1.82) is 0 Å². The molecule has 0 aliphatic rings. The third kappa shape index (κ3) is 6.67. The highest BCUT2D eigenvalue weighted by Gasteiger charge is 2.11. The first kappa shape index (κ1) is 24.9. The first-order chi connectivity index (χ1) is 17.5. The predicted octanol–water partition coefficient (Wildman–Crippen LogP) is 5.16. The van der Waals surface area contributed by atoms with Gasteiger partial charge in [0.25, 0.3) is 5.91 Å². The molecular weight excluding hydrogens is 524 g/mol. The molecule has 0 bridgehead atoms. The Labute approximate surface area is 216 Å². The number of nitrogens with zero attached hydrogens (tertiary/aromatic N) is 1. The van der Waals surface area contributed by atoms with Crippen molar-refractivity contribution < 1.29 is 19.1 Å². The number of nitrogens with one attached hydrogen (secondary N) is 3. The summed E-state index contributed by atoms with van der Waals surface area (Å²) in [5, 5.41) is 10.2. The average Bonchev–Trinajstić information content (AvgIpc) is 2.89. The van der Waals surface area contributed by atoms with Crippen molar-refractivity contribution in [2.24, 2.45) is 0 Å². The first-order valence-corrected chi connectivity index (χ1v) is 12.0. The fraction of sp³-hybridized carbons (Fsp3) is 0.111. The topological polar surface area (TPSA) is 109 Å². The second kappa shape index (κ2) is 11.9. The van der Waals surface area contributed by atoms with Crippen molar-refractivity contribution in [3.05, 3.63) is 101 Å². The molecule has 182 valence electrons. The molecule has 0 aliphatic heterocycles. The number of benzene rings is 3. The molecule has 0 saturated heterocycles. The molecule has 8 nitrogen and oxygen atoms in total. The Kier molecular flexibility index (Phi) is 8.25. The van der Waals surface area contributed by atoms with E-state index >= 15 is 0 Å². The summed E-state index contributed by atoms with van der Waals surface area (Å²) in [6.07, 6.45) is 1.09. The fourth-order valence-corrected chi connectivity index (χ4v) is 4.04. The van der Waals surface area contributed by atoms with Crippen LogP contribution in [-0.2, 0) is 16.0 Å². The van der Waals surface area contributed by atoms with E-state index in [1.807, 2.05) is 36.4 Å². The Morgan fingerprint density at radius 3 is 2.47 bits per heavy atom. The third-order valence-electron chi connectivity index (χ3n) is 5.23. The number of fused-ring (bicyclic) bond motifs is 1. The summed E-state index contributed by atoms with van der Waals surface area (Å²) in [5.74, 6) is -0.545. The SMILES string of the molecule is O=C(Cc1ccc(NC(=O)c2ccccn2)c(Br)c1)NCCOC(=O)Nc1cccc2ccccc12. The van der Waals surface area contributed by atoms with E-state index < -0.39 is 6.09 Å². The van der Waals surface area contributed by atoms with E-state index in [2.05, 4.69) is 36.9 Å². The lowest BCUT2D eigenvalue weighted by Crippen LogP contribution is -2.30. The Bertz CT molecular complexity index is 1390. The molecule has 3 N–H and O–H groups in total. The van der Waals surface area contributed by atoms with E-state index in [4.69, 9.17) is 4.74 Å². The zero-order valence-corrected chi connectivity index (χ0v) is 20.7. The molecule has 3 amide bonds. The van der Waals surface area contributed by atoms with Crippen molar-refractivity contribution >= 4 is 56.0 Å². The predicted molar refractivity (Wildman–Crippen MR) is 142 cm³/mol. The van der Waals surface area contributed by atoms with Crippen molar-refractivity contribution in [1.82, 2.24) is 10.3 Å². The molecule has 1 aromatic heterocycles. The van der Waals surface area contributed by atoms with Crippen LogP contribution in [0.1, 0.15) is 16.1 Å². The number of carbonyl (C=O) groups is 3. The van der Waals surface area contributed by atoms with Crippen LogP contribution in [0.15, 0.2) is 89.5 Å². The number of ether oxygens (including phenoxy) is 1. The van der Waals surface area contributed by atoms with Crippen LogP contribution in [0.2, 0.25) is 0 Å². The van der Waals surface area contributed by atoms with Gasteiger partial charge in [-0.25, -0.2) is 4.79 Å². The van der Waals surface area contributed by atoms with Crippen LogP contribution in [0.3, 0.4) is 0 Å². The summed E-state index contributed by atoms with van der Waals surface area (Å²) in [4.78, 5) is 40.7. The van der Waals surface area contributed by atoms with Gasteiger partial charge in [-0.3, -0.25) is 19.9 Å². The van der Waals surface area contributed by atoms with E-state index in [0.29, 0.717) is 21.5 Å². The van der Waals surface area contributed by atoms with Gasteiger partial charge >= 0.3 is 6.09 Å². The minimum atomic E-state index is -0.590.